The van der Waals surface area contributed by atoms with Gasteiger partial charge in [-0.05, 0) is 40.7 Å². The van der Waals surface area contributed by atoms with Crippen LogP contribution in [0.1, 0.15) is 12.5 Å². The van der Waals surface area contributed by atoms with E-state index in [9.17, 15) is 0 Å². The Bertz CT molecular complexity index is 604. The Hall–Kier alpha value is -1.59. The van der Waals surface area contributed by atoms with Gasteiger partial charge in [-0.3, -0.25) is 0 Å². The molecular weight excluding hydrogens is 330 g/mol. The van der Waals surface area contributed by atoms with Crippen molar-refractivity contribution < 1.29 is 4.74 Å². The summed E-state index contributed by atoms with van der Waals surface area (Å²) < 4.78 is 6.27. The maximum absolute atomic E-state index is 5.29. The first-order chi connectivity index (χ1) is 10.2. The first kappa shape index (κ1) is 15.8. The molecule has 0 aliphatic heterocycles. The van der Waals surface area contributed by atoms with Crippen molar-refractivity contribution in [2.45, 2.75) is 13.5 Å². The van der Waals surface area contributed by atoms with Crippen LogP contribution in [0.2, 0.25) is 0 Å². The first-order valence-corrected chi connectivity index (χ1v) is 7.68. The number of aromatic nitrogens is 1. The fraction of sp³-hybridized carbons (Fsp3) is 0.312. The number of hydrogen-bond acceptors (Lipinski definition) is 4. The van der Waals surface area contributed by atoms with Crippen molar-refractivity contribution in [3.8, 4) is 5.75 Å². The van der Waals surface area contributed by atoms with Crippen LogP contribution in [-0.4, -0.2) is 25.7 Å². The van der Waals surface area contributed by atoms with Crippen molar-refractivity contribution in [1.29, 1.82) is 0 Å². The van der Waals surface area contributed by atoms with Crippen LogP contribution in [0.25, 0.3) is 0 Å². The fourth-order valence-corrected chi connectivity index (χ4v) is 2.49. The van der Waals surface area contributed by atoms with Crippen LogP contribution in [0.3, 0.4) is 0 Å². The fourth-order valence-electron chi connectivity index (χ4n) is 2.11. The molecule has 0 aliphatic carbocycles. The Morgan fingerprint density at radius 1 is 1.33 bits per heavy atom. The summed E-state index contributed by atoms with van der Waals surface area (Å²) >= 11 is 3.49. The van der Waals surface area contributed by atoms with E-state index >= 15 is 0 Å². The SMILES string of the molecule is CCNCc1cc(Br)cnc1N(C)c1cccc(OC)c1. The summed E-state index contributed by atoms with van der Waals surface area (Å²) in [6.07, 6.45) is 1.82. The molecule has 1 heterocycles. The van der Waals surface area contributed by atoms with Crippen molar-refractivity contribution in [3.63, 3.8) is 0 Å². The average molecular weight is 350 g/mol. The molecule has 21 heavy (non-hydrogen) atoms. The van der Waals surface area contributed by atoms with Gasteiger partial charge in [0.05, 0.1) is 7.11 Å². The van der Waals surface area contributed by atoms with Crippen LogP contribution in [-0.2, 0) is 6.54 Å². The minimum absolute atomic E-state index is 0.784. The summed E-state index contributed by atoms with van der Waals surface area (Å²) in [6.45, 7) is 3.80. The molecule has 0 bridgehead atoms. The number of nitrogens with zero attached hydrogens (tertiary/aromatic N) is 2. The zero-order chi connectivity index (χ0) is 15.2. The summed E-state index contributed by atoms with van der Waals surface area (Å²) in [4.78, 5) is 6.63. The highest BCUT2D eigenvalue weighted by atomic mass is 79.9. The quantitative estimate of drug-likeness (QED) is 0.862. The average Bonchev–Trinajstić information content (AvgIpc) is 2.52. The Morgan fingerprint density at radius 3 is 2.86 bits per heavy atom. The van der Waals surface area contributed by atoms with Gasteiger partial charge >= 0.3 is 0 Å². The number of halogens is 1. The number of nitrogens with one attached hydrogen (secondary N) is 1. The van der Waals surface area contributed by atoms with Crippen molar-refractivity contribution in [2.24, 2.45) is 0 Å². The molecule has 1 aromatic carbocycles. The summed E-state index contributed by atoms with van der Waals surface area (Å²) in [6, 6.07) is 10.1. The van der Waals surface area contributed by atoms with Gasteiger partial charge in [-0.2, -0.15) is 0 Å². The summed E-state index contributed by atoms with van der Waals surface area (Å²) in [5.74, 6) is 1.78. The van der Waals surface area contributed by atoms with Gasteiger partial charge in [0, 0.05) is 41.6 Å². The van der Waals surface area contributed by atoms with Crippen molar-refractivity contribution in [3.05, 3.63) is 46.6 Å². The third-order valence-corrected chi connectivity index (χ3v) is 3.67. The monoisotopic (exact) mass is 349 g/mol. The molecular formula is C16H20BrN3O. The molecule has 1 aromatic heterocycles. The lowest BCUT2D eigenvalue weighted by molar-refractivity contribution is 0.415. The number of hydrogen-bond donors (Lipinski definition) is 1. The molecule has 5 heteroatoms. The molecule has 0 unspecified atom stereocenters. The van der Waals surface area contributed by atoms with Gasteiger partial charge in [-0.1, -0.05) is 13.0 Å². The van der Waals surface area contributed by atoms with Crippen LogP contribution in [0.15, 0.2) is 41.0 Å². The Balaban J connectivity index is 2.34. The maximum Gasteiger partial charge on any atom is 0.137 e. The highest BCUT2D eigenvalue weighted by molar-refractivity contribution is 9.10. The molecule has 1 N–H and O–H groups in total. The predicted molar refractivity (Wildman–Crippen MR) is 90.4 cm³/mol. The maximum atomic E-state index is 5.29. The van der Waals surface area contributed by atoms with E-state index < -0.39 is 0 Å². The Kier molecular flexibility index (Phi) is 5.59. The number of anilines is 2. The van der Waals surface area contributed by atoms with Crippen LogP contribution >= 0.6 is 15.9 Å². The second kappa shape index (κ2) is 7.43. The Labute approximate surface area is 134 Å². The van der Waals surface area contributed by atoms with Crippen molar-refractivity contribution >= 4 is 27.4 Å². The molecule has 0 spiro atoms. The van der Waals surface area contributed by atoms with Crippen LogP contribution < -0.4 is 15.0 Å². The number of ether oxygens (including phenoxy) is 1. The zero-order valence-electron chi connectivity index (χ0n) is 12.6. The lowest BCUT2D eigenvalue weighted by Crippen LogP contribution is -2.18. The third kappa shape index (κ3) is 3.95. The molecule has 2 rings (SSSR count). The zero-order valence-corrected chi connectivity index (χ0v) is 14.1. The highest BCUT2D eigenvalue weighted by Gasteiger charge is 2.12. The molecule has 4 nitrogen and oxygen atoms in total. The minimum atomic E-state index is 0.784. The Morgan fingerprint density at radius 2 is 2.14 bits per heavy atom. The molecule has 0 atom stereocenters. The molecule has 0 aliphatic rings. The second-order valence-corrected chi connectivity index (χ2v) is 5.59. The molecule has 2 aromatic rings. The van der Waals surface area contributed by atoms with Crippen molar-refractivity contribution in [2.75, 3.05) is 25.6 Å². The van der Waals surface area contributed by atoms with E-state index in [1.54, 1.807) is 7.11 Å². The standard InChI is InChI=1S/C16H20BrN3O/c1-4-18-10-12-8-13(17)11-19-16(12)20(2)14-6-5-7-15(9-14)21-3/h5-9,11,18H,4,10H2,1-3H3. The first-order valence-electron chi connectivity index (χ1n) is 6.88. The van der Waals surface area contributed by atoms with Crippen molar-refractivity contribution in [1.82, 2.24) is 10.3 Å². The lowest BCUT2D eigenvalue weighted by Gasteiger charge is -2.22. The smallest absolute Gasteiger partial charge is 0.137 e. The van der Waals surface area contributed by atoms with Gasteiger partial charge in [0.25, 0.3) is 0 Å². The highest BCUT2D eigenvalue weighted by Crippen LogP contribution is 2.29. The number of benzene rings is 1. The summed E-state index contributed by atoms with van der Waals surface area (Å²) in [5.41, 5.74) is 2.19. The van der Waals surface area contributed by atoms with E-state index in [1.165, 1.54) is 0 Å². The van der Waals surface area contributed by atoms with Crippen LogP contribution in [0.4, 0.5) is 11.5 Å². The summed E-state index contributed by atoms with van der Waals surface area (Å²) in [5, 5.41) is 3.35. The van der Waals surface area contributed by atoms with Gasteiger partial charge in [-0.15, -0.1) is 0 Å². The van der Waals surface area contributed by atoms with E-state index in [-0.39, 0.29) is 0 Å². The van der Waals surface area contributed by atoms with E-state index in [2.05, 4.69) is 44.1 Å². The largest absolute Gasteiger partial charge is 0.497 e. The second-order valence-electron chi connectivity index (χ2n) is 4.68. The predicted octanol–water partition coefficient (Wildman–Crippen LogP) is 3.73. The minimum Gasteiger partial charge on any atom is -0.497 e. The number of methoxy groups -OCH3 is 1. The van der Waals surface area contributed by atoms with Gasteiger partial charge in [0.2, 0.25) is 0 Å². The third-order valence-electron chi connectivity index (χ3n) is 3.23. The molecule has 0 radical (unpaired) electrons. The molecule has 0 fully saturated rings. The molecule has 112 valence electrons. The molecule has 0 saturated carbocycles. The summed E-state index contributed by atoms with van der Waals surface area (Å²) in [7, 11) is 3.69. The van der Waals surface area contributed by atoms with E-state index in [1.807, 2.05) is 37.5 Å². The lowest BCUT2D eigenvalue weighted by atomic mass is 10.2. The van der Waals surface area contributed by atoms with E-state index in [0.29, 0.717) is 0 Å². The molecule has 0 amide bonds. The number of pyridine rings is 1. The van der Waals surface area contributed by atoms with Gasteiger partial charge < -0.3 is 15.0 Å². The van der Waals surface area contributed by atoms with Gasteiger partial charge in [0.1, 0.15) is 11.6 Å². The molecule has 0 saturated heterocycles. The van der Waals surface area contributed by atoms with E-state index in [0.717, 1.165) is 40.4 Å². The van der Waals surface area contributed by atoms with Crippen LogP contribution in [0.5, 0.6) is 5.75 Å². The van der Waals surface area contributed by atoms with E-state index in [4.69, 9.17) is 4.74 Å². The topological polar surface area (TPSA) is 37.4 Å². The van der Waals surface area contributed by atoms with Gasteiger partial charge in [0.15, 0.2) is 0 Å². The normalized spacial score (nSPS) is 10.5. The van der Waals surface area contributed by atoms with Crippen LogP contribution in [0, 0.1) is 0 Å². The van der Waals surface area contributed by atoms with Gasteiger partial charge in [-0.25, -0.2) is 4.98 Å². The number of rotatable bonds is 6.